The first kappa shape index (κ1) is 14.5. The third kappa shape index (κ3) is 2.16. The van der Waals surface area contributed by atoms with E-state index in [2.05, 4.69) is 9.97 Å². The van der Waals surface area contributed by atoms with Crippen molar-refractivity contribution in [1.29, 1.82) is 0 Å². The molecule has 20 heavy (non-hydrogen) atoms. The summed E-state index contributed by atoms with van der Waals surface area (Å²) in [6.45, 7) is -0.842. The van der Waals surface area contributed by atoms with Crippen LogP contribution < -0.4 is 9.47 Å². The van der Waals surface area contributed by atoms with E-state index < -0.39 is 18.8 Å². The SMILES string of the molecule is COc1ncc(C2=[N+]([O-])C(CO)(CO)CC2)c(OC)n1. The van der Waals surface area contributed by atoms with Crippen LogP contribution in [0.25, 0.3) is 0 Å². The van der Waals surface area contributed by atoms with Gasteiger partial charge in [0.15, 0.2) is 0 Å². The van der Waals surface area contributed by atoms with E-state index >= 15 is 0 Å². The van der Waals surface area contributed by atoms with Crippen LogP contribution in [0.3, 0.4) is 0 Å². The van der Waals surface area contributed by atoms with E-state index in [1.165, 1.54) is 20.4 Å². The van der Waals surface area contributed by atoms with Crippen LogP contribution in [-0.4, -0.2) is 63.6 Å². The topological polar surface area (TPSA) is 111 Å². The first-order chi connectivity index (χ1) is 9.61. The predicted molar refractivity (Wildman–Crippen MR) is 69.0 cm³/mol. The molecule has 0 radical (unpaired) electrons. The highest BCUT2D eigenvalue weighted by atomic mass is 16.5. The average Bonchev–Trinajstić information content (AvgIpc) is 2.83. The van der Waals surface area contributed by atoms with Crippen molar-refractivity contribution in [2.24, 2.45) is 0 Å². The third-order valence-corrected chi connectivity index (χ3v) is 3.51. The molecule has 0 unspecified atom stereocenters. The molecule has 0 saturated heterocycles. The molecule has 2 rings (SSSR count). The fraction of sp³-hybridized carbons (Fsp3) is 0.583. The molecule has 0 fully saturated rings. The predicted octanol–water partition coefficient (Wildman–Crippen LogP) is -0.690. The second kappa shape index (κ2) is 5.59. The summed E-state index contributed by atoms with van der Waals surface area (Å²) in [5, 5.41) is 31.1. The second-order valence-electron chi connectivity index (χ2n) is 4.56. The van der Waals surface area contributed by atoms with E-state index in [1.54, 1.807) is 0 Å². The van der Waals surface area contributed by atoms with Crippen molar-refractivity contribution >= 4 is 5.71 Å². The van der Waals surface area contributed by atoms with Crippen molar-refractivity contribution in [1.82, 2.24) is 9.97 Å². The van der Waals surface area contributed by atoms with Crippen LogP contribution in [0.5, 0.6) is 11.9 Å². The maximum Gasteiger partial charge on any atom is 0.319 e. The number of aliphatic hydroxyl groups excluding tert-OH is 2. The van der Waals surface area contributed by atoms with Gasteiger partial charge in [0.1, 0.15) is 18.8 Å². The van der Waals surface area contributed by atoms with E-state index in [0.717, 1.165) is 0 Å². The number of hydroxylamine groups is 1. The second-order valence-corrected chi connectivity index (χ2v) is 4.56. The van der Waals surface area contributed by atoms with E-state index in [-0.39, 0.29) is 11.9 Å². The van der Waals surface area contributed by atoms with Crippen molar-refractivity contribution in [3.05, 3.63) is 17.0 Å². The van der Waals surface area contributed by atoms with Gasteiger partial charge < -0.3 is 24.9 Å². The van der Waals surface area contributed by atoms with Gasteiger partial charge in [-0.15, -0.1) is 0 Å². The molecule has 0 atom stereocenters. The van der Waals surface area contributed by atoms with Crippen LogP contribution in [0.4, 0.5) is 0 Å². The Bertz CT molecular complexity index is 528. The maximum atomic E-state index is 12.3. The molecule has 0 aliphatic carbocycles. The molecule has 1 aromatic rings. The van der Waals surface area contributed by atoms with E-state index in [9.17, 15) is 15.4 Å². The molecule has 1 aliphatic rings. The summed E-state index contributed by atoms with van der Waals surface area (Å²) in [6.07, 6.45) is 2.19. The standard InChI is InChI=1S/C12H17N3O5/c1-19-10-8(5-13-11(14-10)20-2)9-3-4-12(6-16,7-17)15(9)18/h5,16-17H,3-4,6-7H2,1-2H3. The molecule has 0 saturated carbocycles. The Hall–Kier alpha value is -1.93. The highest BCUT2D eigenvalue weighted by molar-refractivity contribution is 5.99. The summed E-state index contributed by atoms with van der Waals surface area (Å²) in [5.41, 5.74) is -0.375. The molecule has 0 amide bonds. The van der Waals surface area contributed by atoms with Gasteiger partial charge in [-0.25, -0.2) is 4.98 Å². The van der Waals surface area contributed by atoms with Crippen LogP contribution in [-0.2, 0) is 0 Å². The lowest BCUT2D eigenvalue weighted by Gasteiger charge is -2.23. The number of aliphatic hydroxyl groups is 2. The molecule has 110 valence electrons. The van der Waals surface area contributed by atoms with E-state index in [4.69, 9.17) is 9.47 Å². The van der Waals surface area contributed by atoms with Gasteiger partial charge in [-0.1, -0.05) is 0 Å². The van der Waals surface area contributed by atoms with Gasteiger partial charge in [0.2, 0.25) is 17.1 Å². The Morgan fingerprint density at radius 2 is 2.05 bits per heavy atom. The fourth-order valence-electron chi connectivity index (χ4n) is 2.22. The van der Waals surface area contributed by atoms with Crippen LogP contribution >= 0.6 is 0 Å². The number of aromatic nitrogens is 2. The normalized spacial score (nSPS) is 17.4. The highest BCUT2D eigenvalue weighted by Crippen LogP contribution is 2.30. The molecule has 1 aliphatic heterocycles. The van der Waals surface area contributed by atoms with Crippen LogP contribution in [0.15, 0.2) is 6.20 Å². The molecular weight excluding hydrogens is 266 g/mol. The van der Waals surface area contributed by atoms with Gasteiger partial charge in [0.05, 0.1) is 20.4 Å². The summed E-state index contributed by atoms with van der Waals surface area (Å²) in [5.74, 6) is 0.222. The molecule has 2 heterocycles. The van der Waals surface area contributed by atoms with Crippen LogP contribution in [0.1, 0.15) is 18.4 Å². The Balaban J connectivity index is 2.49. The summed E-state index contributed by atoms with van der Waals surface area (Å²) < 4.78 is 10.7. The smallest absolute Gasteiger partial charge is 0.319 e. The van der Waals surface area contributed by atoms with Gasteiger partial charge in [-0.3, -0.25) is 0 Å². The third-order valence-electron chi connectivity index (χ3n) is 3.51. The summed E-state index contributed by atoms with van der Waals surface area (Å²) >= 11 is 0. The van der Waals surface area contributed by atoms with Gasteiger partial charge >= 0.3 is 6.01 Å². The first-order valence-electron chi connectivity index (χ1n) is 6.12. The lowest BCUT2D eigenvalue weighted by atomic mass is 9.98. The Labute approximate surface area is 115 Å². The van der Waals surface area contributed by atoms with Crippen LogP contribution in [0.2, 0.25) is 0 Å². The summed E-state index contributed by atoms with van der Waals surface area (Å²) in [4.78, 5) is 7.98. The van der Waals surface area contributed by atoms with Crippen LogP contribution in [0, 0.1) is 5.21 Å². The molecule has 0 aromatic carbocycles. The monoisotopic (exact) mass is 283 g/mol. The molecule has 2 N–H and O–H groups in total. The largest absolute Gasteiger partial charge is 0.623 e. The lowest BCUT2D eigenvalue weighted by Crippen LogP contribution is -2.44. The molecule has 8 nitrogen and oxygen atoms in total. The van der Waals surface area contributed by atoms with E-state index in [0.29, 0.717) is 28.9 Å². The minimum Gasteiger partial charge on any atom is -0.623 e. The Morgan fingerprint density at radius 1 is 1.35 bits per heavy atom. The molecule has 0 bridgehead atoms. The zero-order valence-electron chi connectivity index (χ0n) is 11.4. The molecule has 1 aromatic heterocycles. The fourth-order valence-corrected chi connectivity index (χ4v) is 2.22. The van der Waals surface area contributed by atoms with Crippen molar-refractivity contribution in [3.63, 3.8) is 0 Å². The number of nitrogens with zero attached hydrogens (tertiary/aromatic N) is 3. The lowest BCUT2D eigenvalue weighted by molar-refractivity contribution is -0.549. The molecule has 0 spiro atoms. The Morgan fingerprint density at radius 3 is 2.55 bits per heavy atom. The van der Waals surface area contributed by atoms with Crippen molar-refractivity contribution < 1.29 is 24.4 Å². The van der Waals surface area contributed by atoms with Gasteiger partial charge in [-0.2, -0.15) is 9.72 Å². The number of rotatable bonds is 5. The minimum absolute atomic E-state index is 0.136. The van der Waals surface area contributed by atoms with Crippen molar-refractivity contribution in [2.75, 3.05) is 27.4 Å². The van der Waals surface area contributed by atoms with Crippen molar-refractivity contribution in [3.8, 4) is 11.9 Å². The zero-order valence-corrected chi connectivity index (χ0v) is 11.4. The maximum absolute atomic E-state index is 12.3. The number of methoxy groups -OCH3 is 2. The highest BCUT2D eigenvalue weighted by Gasteiger charge is 2.46. The summed E-state index contributed by atoms with van der Waals surface area (Å²) in [7, 11) is 2.86. The average molecular weight is 283 g/mol. The minimum atomic E-state index is -1.19. The van der Waals surface area contributed by atoms with E-state index in [1.807, 2.05) is 0 Å². The molecular formula is C12H17N3O5. The number of hydrogen-bond acceptors (Lipinski definition) is 7. The van der Waals surface area contributed by atoms with Gasteiger partial charge in [0.25, 0.3) is 0 Å². The zero-order chi connectivity index (χ0) is 14.8. The first-order valence-corrected chi connectivity index (χ1v) is 6.12. The quantitative estimate of drug-likeness (QED) is 0.543. The van der Waals surface area contributed by atoms with Crippen molar-refractivity contribution in [2.45, 2.75) is 18.4 Å². The van der Waals surface area contributed by atoms with Gasteiger partial charge in [0, 0.05) is 12.8 Å². The molecule has 8 heteroatoms. The number of hydrogen-bond donors (Lipinski definition) is 2. The number of ether oxygens (including phenoxy) is 2. The summed E-state index contributed by atoms with van der Waals surface area (Å²) in [6, 6.07) is 0.136. The Kier molecular flexibility index (Phi) is 4.05. The van der Waals surface area contributed by atoms with Gasteiger partial charge in [-0.05, 0) is 0 Å².